The van der Waals surface area contributed by atoms with Gasteiger partial charge in [0.25, 0.3) is 0 Å². The van der Waals surface area contributed by atoms with Crippen molar-refractivity contribution in [1.29, 1.82) is 0 Å². The van der Waals surface area contributed by atoms with Gasteiger partial charge in [0.2, 0.25) is 0 Å². The number of fused-ring (bicyclic) bond motifs is 4. The van der Waals surface area contributed by atoms with E-state index in [1.165, 1.54) is 22.3 Å². The van der Waals surface area contributed by atoms with Crippen molar-refractivity contribution in [3.8, 4) is 0 Å². The molecule has 2 aliphatic heterocycles. The summed E-state index contributed by atoms with van der Waals surface area (Å²) < 4.78 is 6.18. The molecule has 4 aromatic rings. The van der Waals surface area contributed by atoms with Crippen LogP contribution in [-0.4, -0.2) is 29.9 Å². The first kappa shape index (κ1) is 16.8. The molecular formula is C26H18Se2. The van der Waals surface area contributed by atoms with Crippen molar-refractivity contribution in [2.75, 3.05) is 0 Å². The summed E-state index contributed by atoms with van der Waals surface area (Å²) in [5.74, 6) is 0.780. The standard InChI is InChI=1S/C26H18Se2/c1-5-13-21-17(9-1)25(18-10-2-6-14-22(18)27-21)26-19-11-3-7-15-23(19)28-24-16-8-4-12-20(24)26/h1-16,25-26H. The molecule has 2 aliphatic rings. The van der Waals surface area contributed by atoms with Gasteiger partial charge < -0.3 is 0 Å². The summed E-state index contributed by atoms with van der Waals surface area (Å²) in [5, 5.41) is 0. The first-order chi connectivity index (χ1) is 13.9. The maximum absolute atomic E-state index is 2.38. The first-order valence-corrected chi connectivity index (χ1v) is 13.0. The van der Waals surface area contributed by atoms with Gasteiger partial charge in [-0.1, -0.05) is 0 Å². The predicted octanol–water partition coefficient (Wildman–Crippen LogP) is 2.59. The number of rotatable bonds is 1. The van der Waals surface area contributed by atoms with E-state index in [1.54, 1.807) is 17.8 Å². The molecule has 0 saturated carbocycles. The number of benzene rings is 4. The third-order valence-corrected chi connectivity index (χ3v) is 10.8. The van der Waals surface area contributed by atoms with Gasteiger partial charge in [-0.15, -0.1) is 0 Å². The Morgan fingerprint density at radius 1 is 0.357 bits per heavy atom. The van der Waals surface area contributed by atoms with E-state index in [1.807, 2.05) is 0 Å². The van der Waals surface area contributed by atoms with Gasteiger partial charge in [0.1, 0.15) is 0 Å². The van der Waals surface area contributed by atoms with E-state index in [4.69, 9.17) is 0 Å². The van der Waals surface area contributed by atoms with E-state index < -0.39 is 0 Å². The zero-order valence-electron chi connectivity index (χ0n) is 15.2. The van der Waals surface area contributed by atoms with Crippen LogP contribution in [0.3, 0.4) is 0 Å². The van der Waals surface area contributed by atoms with Crippen molar-refractivity contribution in [3.05, 3.63) is 119 Å². The minimum atomic E-state index is 0.390. The molecule has 2 heteroatoms. The molecule has 0 bridgehead atoms. The zero-order chi connectivity index (χ0) is 18.5. The van der Waals surface area contributed by atoms with Gasteiger partial charge in [0.05, 0.1) is 0 Å². The summed E-state index contributed by atoms with van der Waals surface area (Å²) >= 11 is 0.780. The third kappa shape index (κ3) is 2.57. The van der Waals surface area contributed by atoms with E-state index in [0.717, 1.165) is 0 Å². The van der Waals surface area contributed by atoms with Gasteiger partial charge in [-0.3, -0.25) is 0 Å². The summed E-state index contributed by atoms with van der Waals surface area (Å²) in [4.78, 5) is 0. The molecule has 0 nitrogen and oxygen atoms in total. The van der Waals surface area contributed by atoms with Crippen LogP contribution in [0.5, 0.6) is 0 Å². The van der Waals surface area contributed by atoms with Crippen LogP contribution in [0.15, 0.2) is 97.1 Å². The number of hydrogen-bond acceptors (Lipinski definition) is 0. The van der Waals surface area contributed by atoms with Gasteiger partial charge in [-0.2, -0.15) is 0 Å². The Bertz CT molecular complexity index is 1010. The second-order valence-corrected chi connectivity index (χ2v) is 11.9. The van der Waals surface area contributed by atoms with Gasteiger partial charge >= 0.3 is 179 Å². The Morgan fingerprint density at radius 3 is 0.893 bits per heavy atom. The van der Waals surface area contributed by atoms with Gasteiger partial charge in [0, 0.05) is 0 Å². The Labute approximate surface area is 178 Å². The van der Waals surface area contributed by atoms with E-state index in [9.17, 15) is 0 Å². The zero-order valence-corrected chi connectivity index (χ0v) is 18.6. The maximum atomic E-state index is 2.38. The average molecular weight is 488 g/mol. The monoisotopic (exact) mass is 490 g/mol. The molecule has 0 spiro atoms. The number of hydrogen-bond donors (Lipinski definition) is 0. The van der Waals surface area contributed by atoms with Crippen LogP contribution in [0.25, 0.3) is 0 Å². The fraction of sp³-hybridized carbons (Fsp3) is 0.0769. The van der Waals surface area contributed by atoms with Crippen molar-refractivity contribution in [2.24, 2.45) is 0 Å². The molecule has 6 rings (SSSR count). The van der Waals surface area contributed by atoms with E-state index in [2.05, 4.69) is 97.1 Å². The summed E-state index contributed by atoms with van der Waals surface area (Å²) in [6.07, 6.45) is 0. The van der Waals surface area contributed by atoms with Crippen LogP contribution in [0.1, 0.15) is 34.1 Å². The second-order valence-electron chi connectivity index (χ2n) is 7.31. The summed E-state index contributed by atoms with van der Waals surface area (Å²) in [6.45, 7) is 0. The molecule has 0 fully saturated rings. The molecule has 0 radical (unpaired) electrons. The molecule has 0 unspecified atom stereocenters. The molecular weight excluding hydrogens is 470 g/mol. The van der Waals surface area contributed by atoms with Crippen molar-refractivity contribution in [3.63, 3.8) is 0 Å². The fourth-order valence-electron chi connectivity index (χ4n) is 4.61. The molecule has 4 aromatic carbocycles. The molecule has 0 amide bonds. The van der Waals surface area contributed by atoms with Crippen LogP contribution < -0.4 is 17.8 Å². The van der Waals surface area contributed by atoms with E-state index >= 15 is 0 Å². The summed E-state index contributed by atoms with van der Waals surface area (Å²) in [7, 11) is 0. The van der Waals surface area contributed by atoms with Crippen molar-refractivity contribution < 1.29 is 0 Å². The van der Waals surface area contributed by atoms with Crippen LogP contribution >= 0.6 is 0 Å². The molecule has 0 saturated heterocycles. The topological polar surface area (TPSA) is 0 Å². The first-order valence-electron chi connectivity index (χ1n) is 9.61. The van der Waals surface area contributed by atoms with Crippen molar-refractivity contribution in [2.45, 2.75) is 11.8 Å². The van der Waals surface area contributed by atoms with Crippen LogP contribution in [0.2, 0.25) is 0 Å². The Hall–Kier alpha value is -2.08. The average Bonchev–Trinajstić information content (AvgIpc) is 2.76. The SMILES string of the molecule is c1ccc2c(c1)[Se]c1ccccc1C2C1c2ccccc2[Se]c2ccccc21. The Kier molecular flexibility index (Phi) is 4.07. The molecule has 134 valence electrons. The quantitative estimate of drug-likeness (QED) is 0.362. The molecule has 0 aliphatic carbocycles. The third-order valence-electron chi connectivity index (χ3n) is 5.79. The van der Waals surface area contributed by atoms with Crippen LogP contribution in [-0.2, 0) is 0 Å². The summed E-state index contributed by atoms with van der Waals surface area (Å²) in [6, 6.07) is 36.6. The van der Waals surface area contributed by atoms with Gasteiger partial charge in [-0.25, -0.2) is 0 Å². The van der Waals surface area contributed by atoms with Crippen molar-refractivity contribution >= 4 is 47.8 Å². The van der Waals surface area contributed by atoms with Gasteiger partial charge in [-0.05, 0) is 0 Å². The second kappa shape index (κ2) is 6.76. The molecule has 0 N–H and O–H groups in total. The summed E-state index contributed by atoms with van der Waals surface area (Å²) in [5.41, 5.74) is 6.13. The molecule has 0 aromatic heterocycles. The van der Waals surface area contributed by atoms with Crippen LogP contribution in [0, 0.1) is 0 Å². The molecule has 28 heavy (non-hydrogen) atoms. The minimum absolute atomic E-state index is 0.390. The van der Waals surface area contributed by atoms with E-state index in [-0.39, 0.29) is 0 Å². The molecule has 2 heterocycles. The normalized spacial score (nSPS) is 15.3. The fourth-order valence-corrected chi connectivity index (χ4v) is 9.46. The Balaban J connectivity index is 1.66. The van der Waals surface area contributed by atoms with E-state index in [0.29, 0.717) is 41.7 Å². The molecule has 0 atom stereocenters. The van der Waals surface area contributed by atoms with Crippen LogP contribution in [0.4, 0.5) is 0 Å². The van der Waals surface area contributed by atoms with Crippen molar-refractivity contribution in [1.82, 2.24) is 0 Å². The van der Waals surface area contributed by atoms with Gasteiger partial charge in [0.15, 0.2) is 0 Å². The predicted molar refractivity (Wildman–Crippen MR) is 119 cm³/mol. The Morgan fingerprint density at radius 2 is 0.607 bits per heavy atom.